The highest BCUT2D eigenvalue weighted by molar-refractivity contribution is 7.96. The van der Waals surface area contributed by atoms with Crippen molar-refractivity contribution in [2.24, 2.45) is 4.40 Å². The lowest BCUT2D eigenvalue weighted by Crippen LogP contribution is -2.48. The van der Waals surface area contributed by atoms with E-state index in [0.717, 1.165) is 37.9 Å². The first-order valence-electron chi connectivity index (χ1n) is 7.94. The monoisotopic (exact) mass is 335 g/mol. The zero-order valence-electron chi connectivity index (χ0n) is 13.3. The van der Waals surface area contributed by atoms with E-state index in [9.17, 15) is 0 Å². The molecule has 1 unspecified atom stereocenters. The molecule has 2 aliphatic rings. The molecule has 23 heavy (non-hydrogen) atoms. The van der Waals surface area contributed by atoms with Crippen LogP contribution in [0.3, 0.4) is 0 Å². The highest BCUT2D eigenvalue weighted by atomic mass is 32.2. The summed E-state index contributed by atoms with van der Waals surface area (Å²) in [6, 6.07) is 10.2. The lowest BCUT2D eigenvalue weighted by atomic mass is 10.0. The van der Waals surface area contributed by atoms with Gasteiger partial charge in [-0.1, -0.05) is 36.4 Å². The van der Waals surface area contributed by atoms with Crippen LogP contribution in [0.15, 0.2) is 46.4 Å². The zero-order chi connectivity index (χ0) is 16.1. The minimum atomic E-state index is -1.77. The topological polar surface area (TPSA) is 36.9 Å². The van der Waals surface area contributed by atoms with Crippen LogP contribution in [0.2, 0.25) is 0 Å². The largest absolute Gasteiger partial charge is 0.477 e. The number of aryl methyl sites for hydroxylation is 1. The van der Waals surface area contributed by atoms with Crippen LogP contribution in [0.4, 0.5) is 4.39 Å². The maximum atomic E-state index is 15.3. The molecule has 0 aromatic heterocycles. The van der Waals surface area contributed by atoms with Crippen molar-refractivity contribution in [1.29, 1.82) is 0 Å². The van der Waals surface area contributed by atoms with Gasteiger partial charge in [-0.3, -0.25) is 0 Å². The van der Waals surface area contributed by atoms with E-state index in [-0.39, 0.29) is 5.90 Å². The third-order valence-electron chi connectivity index (χ3n) is 4.09. The fourth-order valence-electron chi connectivity index (χ4n) is 2.80. The standard InChI is InChI=1S/C17H22FN3OS/c1-21-11-5-10-15(13-21)17(18)16(19-23-20-17)22-12-6-9-14-7-3-2-4-8-14/h2-4,7-8,10,20H,5-6,9,11-13H2,1H3. The van der Waals surface area contributed by atoms with Crippen LogP contribution in [0.5, 0.6) is 0 Å². The summed E-state index contributed by atoms with van der Waals surface area (Å²) >= 11 is 1.02. The van der Waals surface area contributed by atoms with E-state index in [1.165, 1.54) is 5.56 Å². The molecule has 0 amide bonds. The molecule has 1 aromatic carbocycles. The number of hydrogen-bond acceptors (Lipinski definition) is 5. The van der Waals surface area contributed by atoms with E-state index in [0.29, 0.717) is 18.7 Å². The Morgan fingerprint density at radius 2 is 2.22 bits per heavy atom. The van der Waals surface area contributed by atoms with Gasteiger partial charge in [0, 0.05) is 18.7 Å². The highest BCUT2D eigenvalue weighted by Gasteiger charge is 2.46. The second-order valence-corrected chi connectivity index (χ2v) is 6.51. The molecule has 2 aliphatic heterocycles. The number of halogens is 1. The molecule has 4 nitrogen and oxygen atoms in total. The van der Waals surface area contributed by atoms with Crippen LogP contribution in [-0.4, -0.2) is 43.3 Å². The molecule has 1 aromatic rings. The smallest absolute Gasteiger partial charge is 0.271 e. The van der Waals surface area contributed by atoms with Crippen molar-refractivity contribution in [3.8, 4) is 0 Å². The summed E-state index contributed by atoms with van der Waals surface area (Å²) in [6.07, 6.45) is 4.56. The Labute approximate surface area is 141 Å². The Kier molecular flexibility index (Phi) is 5.35. The second kappa shape index (κ2) is 7.47. The first-order chi connectivity index (χ1) is 11.2. The maximum Gasteiger partial charge on any atom is 0.271 e. The third-order valence-corrected chi connectivity index (χ3v) is 4.71. The molecule has 0 spiro atoms. The first-order valence-corrected chi connectivity index (χ1v) is 8.71. The number of alkyl halides is 1. The van der Waals surface area contributed by atoms with Gasteiger partial charge in [0.15, 0.2) is 0 Å². The molecular weight excluding hydrogens is 313 g/mol. The Morgan fingerprint density at radius 3 is 3.00 bits per heavy atom. The minimum Gasteiger partial charge on any atom is -0.477 e. The highest BCUT2D eigenvalue weighted by Crippen LogP contribution is 2.33. The Bertz CT molecular complexity index is 593. The van der Waals surface area contributed by atoms with Crippen LogP contribution < -0.4 is 4.72 Å². The molecule has 6 heteroatoms. The molecule has 0 aliphatic carbocycles. The van der Waals surface area contributed by atoms with E-state index in [4.69, 9.17) is 4.74 Å². The van der Waals surface area contributed by atoms with Crippen LogP contribution in [0.25, 0.3) is 0 Å². The summed E-state index contributed by atoms with van der Waals surface area (Å²) in [7, 11) is 2.00. The third kappa shape index (κ3) is 3.94. The quantitative estimate of drug-likeness (QED) is 0.388. The Balaban J connectivity index is 1.54. The van der Waals surface area contributed by atoms with Gasteiger partial charge in [0.2, 0.25) is 0 Å². The van der Waals surface area contributed by atoms with Gasteiger partial charge in [0.05, 0.1) is 18.7 Å². The normalized spacial score (nSPS) is 25.1. The van der Waals surface area contributed by atoms with Crippen molar-refractivity contribution in [1.82, 2.24) is 9.62 Å². The predicted octanol–water partition coefficient (Wildman–Crippen LogP) is 3.13. The van der Waals surface area contributed by atoms with Gasteiger partial charge in [-0.25, -0.2) is 4.39 Å². The number of benzene rings is 1. The van der Waals surface area contributed by atoms with Crippen LogP contribution in [0.1, 0.15) is 18.4 Å². The molecule has 3 rings (SSSR count). The van der Waals surface area contributed by atoms with Crippen molar-refractivity contribution >= 4 is 18.0 Å². The van der Waals surface area contributed by atoms with E-state index in [1.54, 1.807) is 0 Å². The molecule has 1 atom stereocenters. The summed E-state index contributed by atoms with van der Waals surface area (Å²) in [5.41, 5.74) is 1.96. The summed E-state index contributed by atoms with van der Waals surface area (Å²) in [5.74, 6) is -1.62. The molecule has 0 saturated carbocycles. The first kappa shape index (κ1) is 16.5. The average molecular weight is 335 g/mol. The van der Waals surface area contributed by atoms with Crippen LogP contribution in [-0.2, 0) is 11.2 Å². The number of rotatable bonds is 5. The van der Waals surface area contributed by atoms with E-state index in [1.807, 2.05) is 31.3 Å². The molecule has 0 saturated heterocycles. The zero-order valence-corrected chi connectivity index (χ0v) is 14.1. The molecule has 0 radical (unpaired) electrons. The van der Waals surface area contributed by atoms with Crippen molar-refractivity contribution in [2.75, 3.05) is 26.7 Å². The molecule has 1 N–H and O–H groups in total. The van der Waals surface area contributed by atoms with Gasteiger partial charge in [-0.2, -0.15) is 9.12 Å². The molecule has 124 valence electrons. The number of likely N-dealkylation sites (N-methyl/N-ethyl adjacent to an activating group) is 1. The lowest BCUT2D eigenvalue weighted by molar-refractivity contribution is 0.191. The average Bonchev–Trinajstić information content (AvgIpc) is 2.95. The molecule has 2 heterocycles. The maximum absolute atomic E-state index is 15.3. The van der Waals surface area contributed by atoms with Crippen molar-refractivity contribution in [2.45, 2.75) is 25.1 Å². The van der Waals surface area contributed by atoms with Crippen LogP contribution in [0, 0.1) is 0 Å². The Hall–Kier alpha value is -1.37. The number of ether oxygens (including phenoxy) is 1. The van der Waals surface area contributed by atoms with Gasteiger partial charge in [-0.15, -0.1) is 0 Å². The minimum absolute atomic E-state index is 0.150. The van der Waals surface area contributed by atoms with Gasteiger partial charge >= 0.3 is 0 Å². The summed E-state index contributed by atoms with van der Waals surface area (Å²) in [6.45, 7) is 2.01. The van der Waals surface area contributed by atoms with Crippen molar-refractivity contribution in [3.05, 3.63) is 47.5 Å². The Morgan fingerprint density at radius 1 is 1.39 bits per heavy atom. The lowest BCUT2D eigenvalue weighted by Gasteiger charge is -2.30. The fraction of sp³-hybridized carbons (Fsp3) is 0.471. The van der Waals surface area contributed by atoms with Gasteiger partial charge in [0.1, 0.15) is 0 Å². The summed E-state index contributed by atoms with van der Waals surface area (Å²) in [4.78, 5) is 2.11. The van der Waals surface area contributed by atoms with Crippen molar-refractivity contribution < 1.29 is 9.13 Å². The van der Waals surface area contributed by atoms with Gasteiger partial charge in [0.25, 0.3) is 11.7 Å². The number of nitrogens with one attached hydrogen (secondary N) is 1. The van der Waals surface area contributed by atoms with E-state index < -0.39 is 5.79 Å². The predicted molar refractivity (Wildman–Crippen MR) is 92.9 cm³/mol. The fourth-order valence-corrected chi connectivity index (χ4v) is 3.45. The SMILES string of the molecule is CN1CCC=C(C2(F)NSN=C2OCCCc2ccccc2)C1. The number of hydrogen-bond donors (Lipinski definition) is 1. The van der Waals surface area contributed by atoms with Gasteiger partial charge in [-0.05, 0) is 31.9 Å². The van der Waals surface area contributed by atoms with E-state index in [2.05, 4.69) is 26.2 Å². The van der Waals surface area contributed by atoms with Gasteiger partial charge < -0.3 is 9.64 Å². The summed E-state index contributed by atoms with van der Waals surface area (Å²) < 4.78 is 27.8. The van der Waals surface area contributed by atoms with E-state index >= 15 is 4.39 Å². The molecule has 0 fully saturated rings. The van der Waals surface area contributed by atoms with Crippen LogP contribution >= 0.6 is 12.1 Å². The summed E-state index contributed by atoms with van der Waals surface area (Å²) in [5, 5.41) is 0. The molecule has 0 bridgehead atoms. The molecular formula is C17H22FN3OS. The van der Waals surface area contributed by atoms with Crippen molar-refractivity contribution in [3.63, 3.8) is 0 Å². The second-order valence-electron chi connectivity index (χ2n) is 5.94. The number of nitrogens with zero attached hydrogens (tertiary/aromatic N) is 2.